The Hall–Kier alpha value is -1.03. The predicted molar refractivity (Wildman–Crippen MR) is 87.7 cm³/mol. The first-order valence-corrected chi connectivity index (χ1v) is 7.56. The highest BCUT2D eigenvalue weighted by atomic mass is 79.9. The molecular weight excluding hydrogens is 338 g/mol. The molecule has 4 heteroatoms. The van der Waals surface area contributed by atoms with Crippen LogP contribution in [-0.4, -0.2) is 14.2 Å². The molecule has 0 amide bonds. The summed E-state index contributed by atoms with van der Waals surface area (Å²) in [6, 6.07) is 14.4. The van der Waals surface area contributed by atoms with E-state index in [1.54, 1.807) is 7.11 Å². The van der Waals surface area contributed by atoms with Gasteiger partial charge in [-0.2, -0.15) is 0 Å². The van der Waals surface area contributed by atoms with Crippen LogP contribution in [0.1, 0.15) is 17.2 Å². The van der Waals surface area contributed by atoms with Gasteiger partial charge in [-0.3, -0.25) is 0 Å². The first-order chi connectivity index (χ1) is 9.63. The smallest absolute Gasteiger partial charge is 0.118 e. The molecule has 0 bridgehead atoms. The molecule has 0 radical (unpaired) electrons. The minimum absolute atomic E-state index is 0.247. The zero-order valence-electron chi connectivity index (χ0n) is 11.5. The van der Waals surface area contributed by atoms with Gasteiger partial charge in [-0.1, -0.05) is 29.8 Å². The molecule has 0 saturated heterocycles. The van der Waals surface area contributed by atoms with Crippen LogP contribution in [0.5, 0.6) is 5.75 Å². The Labute approximate surface area is 133 Å². The lowest BCUT2D eigenvalue weighted by Crippen LogP contribution is -2.18. The van der Waals surface area contributed by atoms with Crippen molar-refractivity contribution in [2.45, 2.75) is 12.5 Å². The third kappa shape index (κ3) is 3.75. The lowest BCUT2D eigenvalue weighted by Gasteiger charge is -2.17. The van der Waals surface area contributed by atoms with Crippen LogP contribution >= 0.6 is 27.5 Å². The van der Waals surface area contributed by atoms with Crippen molar-refractivity contribution in [1.82, 2.24) is 5.32 Å². The number of nitrogens with one attached hydrogen (secondary N) is 1. The van der Waals surface area contributed by atoms with Gasteiger partial charge in [0.25, 0.3) is 0 Å². The summed E-state index contributed by atoms with van der Waals surface area (Å²) >= 11 is 9.51. The second-order valence-electron chi connectivity index (χ2n) is 4.57. The molecule has 0 aromatic heterocycles. The monoisotopic (exact) mass is 353 g/mol. The lowest BCUT2D eigenvalue weighted by atomic mass is 9.99. The number of hydrogen-bond donors (Lipinski definition) is 1. The van der Waals surface area contributed by atoms with E-state index in [9.17, 15) is 0 Å². The van der Waals surface area contributed by atoms with E-state index in [1.807, 2.05) is 25.2 Å². The Balaban J connectivity index is 2.16. The fourth-order valence-corrected chi connectivity index (χ4v) is 2.63. The van der Waals surface area contributed by atoms with Crippen molar-refractivity contribution in [2.24, 2.45) is 0 Å². The van der Waals surface area contributed by atoms with Gasteiger partial charge >= 0.3 is 0 Å². The highest BCUT2D eigenvalue weighted by Gasteiger charge is 2.11. The summed E-state index contributed by atoms with van der Waals surface area (Å²) in [6.07, 6.45) is 0.911. The SMILES string of the molecule is CNC(Cc1ccc(OC)cc1)c1ccc(Cl)c(Br)c1. The predicted octanol–water partition coefficient (Wildman–Crippen LogP) is 4.61. The molecule has 0 spiro atoms. The Kier molecular flexibility index (Phi) is 5.46. The number of halogens is 2. The summed E-state index contributed by atoms with van der Waals surface area (Å²) in [5.74, 6) is 0.879. The van der Waals surface area contributed by atoms with Crippen molar-refractivity contribution in [2.75, 3.05) is 14.2 Å². The quantitative estimate of drug-likeness (QED) is 0.846. The Bertz CT molecular complexity index is 571. The number of hydrogen-bond acceptors (Lipinski definition) is 2. The lowest BCUT2D eigenvalue weighted by molar-refractivity contribution is 0.414. The van der Waals surface area contributed by atoms with Crippen LogP contribution in [0.15, 0.2) is 46.9 Å². The zero-order valence-corrected chi connectivity index (χ0v) is 13.8. The third-order valence-electron chi connectivity index (χ3n) is 3.29. The summed E-state index contributed by atoms with van der Waals surface area (Å²) in [6.45, 7) is 0. The highest BCUT2D eigenvalue weighted by Crippen LogP contribution is 2.27. The minimum atomic E-state index is 0.247. The van der Waals surface area contributed by atoms with Crippen LogP contribution in [0, 0.1) is 0 Å². The molecule has 20 heavy (non-hydrogen) atoms. The highest BCUT2D eigenvalue weighted by molar-refractivity contribution is 9.10. The normalized spacial score (nSPS) is 12.2. The van der Waals surface area contributed by atoms with Crippen LogP contribution < -0.4 is 10.1 Å². The van der Waals surface area contributed by atoms with Crippen molar-refractivity contribution >= 4 is 27.5 Å². The molecule has 0 fully saturated rings. The molecule has 0 saturated carbocycles. The van der Waals surface area contributed by atoms with E-state index >= 15 is 0 Å². The van der Waals surface area contributed by atoms with E-state index in [1.165, 1.54) is 11.1 Å². The first-order valence-electron chi connectivity index (χ1n) is 6.39. The van der Waals surface area contributed by atoms with Gasteiger partial charge in [0.05, 0.1) is 12.1 Å². The molecule has 0 aliphatic rings. The third-order valence-corrected chi connectivity index (χ3v) is 4.51. The largest absolute Gasteiger partial charge is 0.497 e. The number of methoxy groups -OCH3 is 1. The Morgan fingerprint density at radius 3 is 2.45 bits per heavy atom. The fourth-order valence-electron chi connectivity index (χ4n) is 2.11. The van der Waals surface area contributed by atoms with E-state index in [0.29, 0.717) is 0 Å². The maximum atomic E-state index is 6.04. The number of likely N-dealkylation sites (N-methyl/N-ethyl adjacent to an activating group) is 1. The zero-order chi connectivity index (χ0) is 14.5. The van der Waals surface area contributed by atoms with Crippen molar-refractivity contribution in [3.63, 3.8) is 0 Å². The maximum absolute atomic E-state index is 6.04. The van der Waals surface area contributed by atoms with Crippen LogP contribution in [-0.2, 0) is 6.42 Å². The molecular formula is C16H17BrClNO. The standard InChI is InChI=1S/C16H17BrClNO/c1-19-16(12-5-8-15(18)14(17)10-12)9-11-3-6-13(20-2)7-4-11/h3-8,10,16,19H,9H2,1-2H3. The van der Waals surface area contributed by atoms with Gasteiger partial charge in [-0.25, -0.2) is 0 Å². The van der Waals surface area contributed by atoms with Gasteiger partial charge in [0.2, 0.25) is 0 Å². The van der Waals surface area contributed by atoms with E-state index in [4.69, 9.17) is 16.3 Å². The average molecular weight is 355 g/mol. The van der Waals surface area contributed by atoms with E-state index in [-0.39, 0.29) is 6.04 Å². The molecule has 2 aromatic rings. The summed E-state index contributed by atoms with van der Waals surface area (Å²) in [4.78, 5) is 0. The molecule has 2 aromatic carbocycles. The summed E-state index contributed by atoms with van der Waals surface area (Å²) in [7, 11) is 3.65. The second-order valence-corrected chi connectivity index (χ2v) is 5.83. The average Bonchev–Trinajstić information content (AvgIpc) is 2.48. The topological polar surface area (TPSA) is 21.3 Å². The van der Waals surface area contributed by atoms with Gasteiger partial charge in [-0.05, 0) is 64.8 Å². The molecule has 0 aliphatic carbocycles. The van der Waals surface area contributed by atoms with Crippen LogP contribution in [0.2, 0.25) is 5.02 Å². The molecule has 106 valence electrons. The summed E-state index contributed by atoms with van der Waals surface area (Å²) in [5.41, 5.74) is 2.47. The number of rotatable bonds is 5. The summed E-state index contributed by atoms with van der Waals surface area (Å²) in [5, 5.41) is 4.08. The Morgan fingerprint density at radius 2 is 1.90 bits per heavy atom. The van der Waals surface area contributed by atoms with E-state index < -0.39 is 0 Å². The maximum Gasteiger partial charge on any atom is 0.118 e. The van der Waals surface area contributed by atoms with Gasteiger partial charge in [0.1, 0.15) is 5.75 Å². The van der Waals surface area contributed by atoms with Crippen molar-refractivity contribution in [3.05, 3.63) is 63.1 Å². The van der Waals surface area contributed by atoms with Gasteiger partial charge in [0, 0.05) is 10.5 Å². The Morgan fingerprint density at radius 1 is 1.20 bits per heavy atom. The first kappa shape index (κ1) is 15.4. The molecule has 0 heterocycles. The molecule has 2 rings (SSSR count). The van der Waals surface area contributed by atoms with Crippen LogP contribution in [0.25, 0.3) is 0 Å². The van der Waals surface area contributed by atoms with Gasteiger partial charge < -0.3 is 10.1 Å². The second kappa shape index (κ2) is 7.11. The minimum Gasteiger partial charge on any atom is -0.497 e. The van der Waals surface area contributed by atoms with Crippen molar-refractivity contribution in [1.29, 1.82) is 0 Å². The molecule has 1 unspecified atom stereocenters. The molecule has 2 nitrogen and oxygen atoms in total. The van der Waals surface area contributed by atoms with E-state index in [0.717, 1.165) is 21.7 Å². The van der Waals surface area contributed by atoms with Gasteiger partial charge in [0.15, 0.2) is 0 Å². The van der Waals surface area contributed by atoms with Crippen molar-refractivity contribution in [3.8, 4) is 5.75 Å². The van der Waals surface area contributed by atoms with Crippen LogP contribution in [0.3, 0.4) is 0 Å². The van der Waals surface area contributed by atoms with E-state index in [2.05, 4.69) is 45.5 Å². The number of benzene rings is 2. The van der Waals surface area contributed by atoms with Crippen LogP contribution in [0.4, 0.5) is 0 Å². The molecule has 1 atom stereocenters. The number of ether oxygens (including phenoxy) is 1. The van der Waals surface area contributed by atoms with Gasteiger partial charge in [-0.15, -0.1) is 0 Å². The summed E-state index contributed by atoms with van der Waals surface area (Å²) < 4.78 is 6.10. The van der Waals surface area contributed by atoms with Crippen molar-refractivity contribution < 1.29 is 4.74 Å². The molecule has 0 aliphatic heterocycles. The molecule has 1 N–H and O–H groups in total. The fraction of sp³-hybridized carbons (Fsp3) is 0.250.